The number of hydrogen-bond donors (Lipinski definition) is 1. The number of ether oxygens (including phenoxy) is 1. The number of carbonyl (C=O) groups excluding carboxylic acids is 1. The molecule has 5 nitrogen and oxygen atoms in total. The van der Waals surface area contributed by atoms with E-state index in [1.165, 1.54) is 0 Å². The predicted octanol–water partition coefficient (Wildman–Crippen LogP) is 1.95. The van der Waals surface area contributed by atoms with E-state index in [-0.39, 0.29) is 19.0 Å². The van der Waals surface area contributed by atoms with Crippen LogP contribution in [0.5, 0.6) is 0 Å². The summed E-state index contributed by atoms with van der Waals surface area (Å²) in [7, 11) is 0. The van der Waals surface area contributed by atoms with Crippen LogP contribution < -0.4 is 0 Å². The van der Waals surface area contributed by atoms with Crippen LogP contribution in [-0.4, -0.2) is 41.1 Å². The zero-order chi connectivity index (χ0) is 13.4. The van der Waals surface area contributed by atoms with Gasteiger partial charge in [0.2, 0.25) is 0 Å². The lowest BCUT2D eigenvalue weighted by Crippen LogP contribution is -2.35. The largest absolute Gasteiger partial charge is 0.480 e. The van der Waals surface area contributed by atoms with Gasteiger partial charge in [-0.05, 0) is 5.56 Å². The molecule has 0 heterocycles. The Hall–Kier alpha value is -1.75. The van der Waals surface area contributed by atoms with Crippen LogP contribution in [0.4, 0.5) is 4.79 Å². The molecule has 1 rings (SSSR count). The van der Waals surface area contributed by atoms with E-state index in [2.05, 4.69) is 0 Å². The van der Waals surface area contributed by atoms with E-state index in [1.54, 1.807) is 0 Å². The van der Waals surface area contributed by atoms with E-state index in [4.69, 9.17) is 21.4 Å². The minimum atomic E-state index is -1.09. The molecular formula is C12H14ClNO4. The van der Waals surface area contributed by atoms with Gasteiger partial charge in [-0.25, -0.2) is 4.79 Å². The number of carboxylic acids is 1. The zero-order valence-corrected chi connectivity index (χ0v) is 10.5. The van der Waals surface area contributed by atoms with E-state index in [9.17, 15) is 9.59 Å². The number of hydrogen-bond acceptors (Lipinski definition) is 3. The van der Waals surface area contributed by atoms with Gasteiger partial charge >= 0.3 is 12.1 Å². The second kappa shape index (κ2) is 7.55. The third-order valence-corrected chi connectivity index (χ3v) is 2.26. The van der Waals surface area contributed by atoms with Crippen molar-refractivity contribution in [1.29, 1.82) is 0 Å². The van der Waals surface area contributed by atoms with E-state index in [0.29, 0.717) is 0 Å². The second-order valence-corrected chi connectivity index (χ2v) is 3.92. The summed E-state index contributed by atoms with van der Waals surface area (Å²) < 4.78 is 4.82. The molecule has 1 aromatic carbocycles. The first kappa shape index (κ1) is 14.3. The Bertz CT molecular complexity index is 396. The van der Waals surface area contributed by atoms with Crippen molar-refractivity contribution < 1.29 is 19.4 Å². The van der Waals surface area contributed by atoms with Crippen molar-refractivity contribution in [3.05, 3.63) is 35.9 Å². The highest BCUT2D eigenvalue weighted by Crippen LogP contribution is 2.06. The Morgan fingerprint density at radius 2 is 1.94 bits per heavy atom. The normalized spacial score (nSPS) is 9.83. The molecule has 1 amide bonds. The topological polar surface area (TPSA) is 66.8 Å². The summed E-state index contributed by atoms with van der Waals surface area (Å²) in [6, 6.07) is 9.10. The minimum Gasteiger partial charge on any atom is -0.480 e. The molecule has 98 valence electrons. The monoisotopic (exact) mass is 271 g/mol. The third-order valence-electron chi connectivity index (χ3n) is 2.10. The van der Waals surface area contributed by atoms with Crippen LogP contribution in [0.3, 0.4) is 0 Å². The van der Waals surface area contributed by atoms with Crippen LogP contribution in [0.1, 0.15) is 5.56 Å². The number of benzene rings is 1. The SMILES string of the molecule is O=C(O)CN(Cc1ccccc1)C(=O)OCCCl. The Morgan fingerprint density at radius 3 is 2.50 bits per heavy atom. The van der Waals surface area contributed by atoms with E-state index in [1.807, 2.05) is 30.3 Å². The predicted molar refractivity (Wildman–Crippen MR) is 66.6 cm³/mol. The van der Waals surface area contributed by atoms with Crippen molar-refractivity contribution in [2.75, 3.05) is 19.0 Å². The molecule has 18 heavy (non-hydrogen) atoms. The lowest BCUT2D eigenvalue weighted by Gasteiger charge is -2.20. The molecule has 1 aromatic rings. The first-order chi connectivity index (χ1) is 8.63. The van der Waals surface area contributed by atoms with Gasteiger partial charge < -0.3 is 9.84 Å². The van der Waals surface area contributed by atoms with Crippen LogP contribution in [-0.2, 0) is 16.1 Å². The molecule has 0 aliphatic rings. The molecule has 0 fully saturated rings. The van der Waals surface area contributed by atoms with Gasteiger partial charge in [0.25, 0.3) is 0 Å². The minimum absolute atomic E-state index is 0.0608. The maximum atomic E-state index is 11.6. The number of carboxylic acid groups (broad SMARTS) is 1. The first-order valence-corrected chi connectivity index (χ1v) is 5.90. The van der Waals surface area contributed by atoms with Crippen LogP contribution in [0.25, 0.3) is 0 Å². The summed E-state index contributed by atoms with van der Waals surface area (Å²) in [6.45, 7) is -0.157. The molecule has 0 aliphatic heterocycles. The van der Waals surface area contributed by atoms with Crippen molar-refractivity contribution in [3.8, 4) is 0 Å². The van der Waals surface area contributed by atoms with Gasteiger partial charge in [0.1, 0.15) is 13.2 Å². The van der Waals surface area contributed by atoms with Gasteiger partial charge in [-0.1, -0.05) is 30.3 Å². The lowest BCUT2D eigenvalue weighted by atomic mass is 10.2. The van der Waals surface area contributed by atoms with Crippen molar-refractivity contribution >= 4 is 23.7 Å². The van der Waals surface area contributed by atoms with Gasteiger partial charge in [0, 0.05) is 6.54 Å². The molecular weight excluding hydrogens is 258 g/mol. The molecule has 0 aromatic heterocycles. The quantitative estimate of drug-likeness (QED) is 0.803. The molecule has 6 heteroatoms. The average molecular weight is 272 g/mol. The summed E-state index contributed by atoms with van der Waals surface area (Å²) in [4.78, 5) is 23.4. The number of nitrogens with zero attached hydrogens (tertiary/aromatic N) is 1. The van der Waals surface area contributed by atoms with E-state index in [0.717, 1.165) is 10.5 Å². The van der Waals surface area contributed by atoms with Gasteiger partial charge in [-0.2, -0.15) is 0 Å². The van der Waals surface area contributed by atoms with Crippen molar-refractivity contribution in [2.45, 2.75) is 6.54 Å². The van der Waals surface area contributed by atoms with Crippen molar-refractivity contribution in [3.63, 3.8) is 0 Å². The van der Waals surface area contributed by atoms with Gasteiger partial charge in [0.15, 0.2) is 0 Å². The Morgan fingerprint density at radius 1 is 1.28 bits per heavy atom. The number of amides is 1. The van der Waals surface area contributed by atoms with E-state index < -0.39 is 18.6 Å². The summed E-state index contributed by atoms with van der Waals surface area (Å²) in [5.74, 6) is -0.911. The molecule has 0 unspecified atom stereocenters. The van der Waals surface area contributed by atoms with Gasteiger partial charge in [-0.3, -0.25) is 9.69 Å². The summed E-state index contributed by atoms with van der Waals surface area (Å²) in [5.41, 5.74) is 0.835. The molecule has 0 radical (unpaired) electrons. The number of rotatable bonds is 6. The number of halogens is 1. The summed E-state index contributed by atoms with van der Waals surface area (Å²) in [5, 5.41) is 8.76. The third kappa shape index (κ3) is 5.05. The Labute approximate surface area is 110 Å². The highest BCUT2D eigenvalue weighted by atomic mass is 35.5. The maximum Gasteiger partial charge on any atom is 0.410 e. The first-order valence-electron chi connectivity index (χ1n) is 5.37. The van der Waals surface area contributed by atoms with E-state index >= 15 is 0 Å². The average Bonchev–Trinajstić information content (AvgIpc) is 2.36. The molecule has 0 bridgehead atoms. The highest BCUT2D eigenvalue weighted by Gasteiger charge is 2.18. The summed E-state index contributed by atoms with van der Waals surface area (Å²) >= 11 is 5.40. The zero-order valence-electron chi connectivity index (χ0n) is 9.71. The van der Waals surface area contributed by atoms with Crippen LogP contribution >= 0.6 is 11.6 Å². The van der Waals surface area contributed by atoms with Crippen molar-refractivity contribution in [2.24, 2.45) is 0 Å². The van der Waals surface area contributed by atoms with Crippen LogP contribution in [0, 0.1) is 0 Å². The van der Waals surface area contributed by atoms with Gasteiger partial charge in [-0.15, -0.1) is 11.6 Å². The standard InChI is InChI=1S/C12H14ClNO4/c13-6-7-18-12(17)14(9-11(15)16)8-10-4-2-1-3-5-10/h1-5H,6-9H2,(H,15,16). The molecule has 0 saturated heterocycles. The fourth-order valence-electron chi connectivity index (χ4n) is 1.37. The fraction of sp³-hybridized carbons (Fsp3) is 0.333. The lowest BCUT2D eigenvalue weighted by molar-refractivity contribution is -0.138. The number of carbonyl (C=O) groups is 2. The van der Waals surface area contributed by atoms with Crippen LogP contribution in [0.15, 0.2) is 30.3 Å². The molecule has 0 aliphatic carbocycles. The van der Waals surface area contributed by atoms with Crippen molar-refractivity contribution in [1.82, 2.24) is 4.90 Å². The second-order valence-electron chi connectivity index (χ2n) is 3.54. The molecule has 0 atom stereocenters. The number of aliphatic carboxylic acids is 1. The summed E-state index contributed by atoms with van der Waals surface area (Å²) in [6.07, 6.45) is -0.679. The fourth-order valence-corrected chi connectivity index (χ4v) is 1.45. The molecule has 0 saturated carbocycles. The van der Waals surface area contributed by atoms with Crippen LogP contribution in [0.2, 0.25) is 0 Å². The number of alkyl halides is 1. The Kier molecular flexibility index (Phi) is 6.00. The van der Waals surface area contributed by atoms with Gasteiger partial charge in [0.05, 0.1) is 5.88 Å². The smallest absolute Gasteiger partial charge is 0.410 e. The molecule has 1 N–H and O–H groups in total. The molecule has 0 spiro atoms. The maximum absolute atomic E-state index is 11.6. The highest BCUT2D eigenvalue weighted by molar-refractivity contribution is 6.18. The Balaban J connectivity index is 2.66.